The molecule has 78 valence electrons. The van der Waals surface area contributed by atoms with Gasteiger partial charge >= 0.3 is 11.9 Å². The highest BCUT2D eigenvalue weighted by molar-refractivity contribution is 5.88. The number of esters is 2. The first kappa shape index (κ1) is 9.65. The van der Waals surface area contributed by atoms with Crippen molar-refractivity contribution in [2.75, 3.05) is 6.61 Å². The quantitative estimate of drug-likeness (QED) is 0.466. The van der Waals surface area contributed by atoms with Crippen molar-refractivity contribution in [3.05, 3.63) is 0 Å². The molecule has 2 aliphatic rings. The Morgan fingerprint density at radius 2 is 1.79 bits per heavy atom. The minimum atomic E-state index is -0.402. The van der Waals surface area contributed by atoms with E-state index in [0.29, 0.717) is 12.8 Å². The largest absolute Gasteiger partial charge is 0.393 e. The molecule has 2 fully saturated rings. The van der Waals surface area contributed by atoms with E-state index in [4.69, 9.17) is 4.74 Å². The van der Waals surface area contributed by atoms with Crippen molar-refractivity contribution in [3.8, 4) is 0 Å². The van der Waals surface area contributed by atoms with Crippen molar-refractivity contribution in [1.29, 1.82) is 0 Å². The van der Waals surface area contributed by atoms with E-state index in [-0.39, 0.29) is 12.0 Å². The fraction of sp³-hybridized carbons (Fsp3) is 0.800. The van der Waals surface area contributed by atoms with Gasteiger partial charge in [0.05, 0.1) is 18.9 Å². The summed E-state index contributed by atoms with van der Waals surface area (Å²) in [6.07, 6.45) is 3.92. The molecule has 2 saturated heterocycles. The van der Waals surface area contributed by atoms with Gasteiger partial charge in [-0.15, -0.1) is 0 Å². The highest BCUT2D eigenvalue weighted by Crippen LogP contribution is 2.28. The third kappa shape index (κ3) is 2.12. The molecule has 0 aromatic rings. The van der Waals surface area contributed by atoms with Gasteiger partial charge in [0.25, 0.3) is 0 Å². The molecule has 0 aliphatic carbocycles. The average molecular weight is 198 g/mol. The summed E-state index contributed by atoms with van der Waals surface area (Å²) in [5, 5.41) is 0. The van der Waals surface area contributed by atoms with Gasteiger partial charge in [-0.1, -0.05) is 0 Å². The van der Waals surface area contributed by atoms with E-state index in [1.807, 2.05) is 0 Å². The van der Waals surface area contributed by atoms with Crippen LogP contribution in [0.2, 0.25) is 0 Å². The first-order valence-corrected chi connectivity index (χ1v) is 5.11. The number of carbonyl (C=O) groups is 2. The first-order chi connectivity index (χ1) is 6.75. The van der Waals surface area contributed by atoms with Crippen LogP contribution >= 0.6 is 0 Å². The zero-order chi connectivity index (χ0) is 9.97. The van der Waals surface area contributed by atoms with Crippen LogP contribution in [0.4, 0.5) is 0 Å². The van der Waals surface area contributed by atoms with E-state index in [0.717, 1.165) is 25.9 Å². The Morgan fingerprint density at radius 1 is 1.07 bits per heavy atom. The van der Waals surface area contributed by atoms with Gasteiger partial charge in [-0.25, -0.2) is 0 Å². The lowest BCUT2D eigenvalue weighted by molar-refractivity contribution is -0.169. The molecule has 0 spiro atoms. The molecule has 14 heavy (non-hydrogen) atoms. The second-order valence-corrected chi connectivity index (χ2v) is 3.92. The standard InChI is InChI=1S/C10H14O4/c11-9-5-7(6-10(12)14-9)8-3-1-2-4-13-8/h7-8H,1-6H2. The fourth-order valence-electron chi connectivity index (χ4n) is 2.11. The van der Waals surface area contributed by atoms with Crippen molar-refractivity contribution in [2.24, 2.45) is 5.92 Å². The van der Waals surface area contributed by atoms with Crippen LogP contribution in [0.3, 0.4) is 0 Å². The normalized spacial score (nSPS) is 30.1. The molecule has 1 atom stereocenters. The molecular formula is C10H14O4. The predicted molar refractivity (Wildman–Crippen MR) is 47.4 cm³/mol. The number of ether oxygens (including phenoxy) is 2. The number of rotatable bonds is 1. The van der Waals surface area contributed by atoms with Crippen LogP contribution in [0, 0.1) is 5.92 Å². The molecule has 0 aromatic heterocycles. The second kappa shape index (κ2) is 4.09. The number of hydrogen-bond acceptors (Lipinski definition) is 4. The van der Waals surface area contributed by atoms with Crippen molar-refractivity contribution < 1.29 is 19.1 Å². The first-order valence-electron chi connectivity index (χ1n) is 5.11. The molecule has 1 unspecified atom stereocenters. The lowest BCUT2D eigenvalue weighted by Gasteiger charge is -2.31. The van der Waals surface area contributed by atoms with E-state index in [1.54, 1.807) is 0 Å². The van der Waals surface area contributed by atoms with Gasteiger partial charge in [0.2, 0.25) is 0 Å². The van der Waals surface area contributed by atoms with Crippen molar-refractivity contribution >= 4 is 11.9 Å². The molecule has 2 aliphatic heterocycles. The summed E-state index contributed by atoms with van der Waals surface area (Å²) in [7, 11) is 0. The predicted octanol–water partition coefficient (Wildman–Crippen LogP) is 1.04. The van der Waals surface area contributed by atoms with Crippen LogP contribution in [-0.2, 0) is 19.1 Å². The Balaban J connectivity index is 1.95. The summed E-state index contributed by atoms with van der Waals surface area (Å²) in [5.41, 5.74) is 0. The van der Waals surface area contributed by atoms with E-state index in [2.05, 4.69) is 4.74 Å². The molecule has 0 N–H and O–H groups in total. The van der Waals surface area contributed by atoms with Crippen molar-refractivity contribution in [3.63, 3.8) is 0 Å². The van der Waals surface area contributed by atoms with Crippen LogP contribution in [0.5, 0.6) is 0 Å². The third-order valence-electron chi connectivity index (χ3n) is 2.83. The van der Waals surface area contributed by atoms with Gasteiger partial charge in [-0.05, 0) is 19.3 Å². The van der Waals surface area contributed by atoms with Gasteiger partial charge in [0.15, 0.2) is 0 Å². The summed E-state index contributed by atoms with van der Waals surface area (Å²) in [5.74, 6) is -0.759. The fourth-order valence-corrected chi connectivity index (χ4v) is 2.11. The zero-order valence-corrected chi connectivity index (χ0v) is 8.03. The number of carbonyl (C=O) groups excluding carboxylic acids is 2. The monoisotopic (exact) mass is 198 g/mol. The van der Waals surface area contributed by atoms with Gasteiger partial charge in [0, 0.05) is 12.5 Å². The molecule has 0 amide bonds. The van der Waals surface area contributed by atoms with E-state index < -0.39 is 11.9 Å². The molecule has 0 radical (unpaired) electrons. The average Bonchev–Trinajstić information content (AvgIpc) is 2.18. The number of hydrogen-bond donors (Lipinski definition) is 0. The summed E-state index contributed by atoms with van der Waals surface area (Å²) in [6, 6.07) is 0. The smallest absolute Gasteiger partial charge is 0.313 e. The summed E-state index contributed by atoms with van der Waals surface area (Å²) in [6.45, 7) is 0.754. The van der Waals surface area contributed by atoms with Crippen molar-refractivity contribution in [2.45, 2.75) is 38.2 Å². The summed E-state index contributed by atoms with van der Waals surface area (Å²) >= 11 is 0. The Hall–Kier alpha value is -0.900. The van der Waals surface area contributed by atoms with Crippen LogP contribution < -0.4 is 0 Å². The highest BCUT2D eigenvalue weighted by atomic mass is 16.6. The molecule has 4 heteroatoms. The third-order valence-corrected chi connectivity index (χ3v) is 2.83. The topological polar surface area (TPSA) is 52.6 Å². The molecular weight excluding hydrogens is 184 g/mol. The Bertz CT molecular complexity index is 227. The Labute approximate surface area is 82.6 Å². The highest BCUT2D eigenvalue weighted by Gasteiger charge is 2.34. The minimum absolute atomic E-state index is 0.0454. The minimum Gasteiger partial charge on any atom is -0.393 e. The maximum atomic E-state index is 11.0. The summed E-state index contributed by atoms with van der Waals surface area (Å²) in [4.78, 5) is 22.1. The van der Waals surface area contributed by atoms with Crippen LogP contribution in [0.1, 0.15) is 32.1 Å². The van der Waals surface area contributed by atoms with Crippen LogP contribution in [0.15, 0.2) is 0 Å². The van der Waals surface area contributed by atoms with Crippen molar-refractivity contribution in [1.82, 2.24) is 0 Å². The van der Waals surface area contributed by atoms with Gasteiger partial charge in [-0.2, -0.15) is 0 Å². The summed E-state index contributed by atoms with van der Waals surface area (Å²) < 4.78 is 10.0. The van der Waals surface area contributed by atoms with Gasteiger partial charge in [0.1, 0.15) is 0 Å². The zero-order valence-electron chi connectivity index (χ0n) is 8.03. The second-order valence-electron chi connectivity index (χ2n) is 3.92. The van der Waals surface area contributed by atoms with E-state index in [9.17, 15) is 9.59 Å². The molecule has 4 nitrogen and oxygen atoms in total. The molecule has 0 bridgehead atoms. The van der Waals surface area contributed by atoms with Crippen LogP contribution in [0.25, 0.3) is 0 Å². The van der Waals surface area contributed by atoms with E-state index >= 15 is 0 Å². The SMILES string of the molecule is O=C1CC(C2CCCCO2)CC(=O)O1. The van der Waals surface area contributed by atoms with Crippen LogP contribution in [-0.4, -0.2) is 24.6 Å². The Kier molecular flexibility index (Phi) is 2.82. The molecule has 2 rings (SSSR count). The molecule has 0 saturated carbocycles. The lowest BCUT2D eigenvalue weighted by Crippen LogP contribution is -2.36. The molecule has 2 heterocycles. The van der Waals surface area contributed by atoms with Gasteiger partial charge < -0.3 is 9.47 Å². The van der Waals surface area contributed by atoms with Gasteiger partial charge in [-0.3, -0.25) is 9.59 Å². The molecule has 0 aromatic carbocycles. The maximum Gasteiger partial charge on any atom is 0.313 e. The Morgan fingerprint density at radius 3 is 2.36 bits per heavy atom. The lowest BCUT2D eigenvalue weighted by atomic mass is 9.89. The number of cyclic esters (lactones) is 2. The maximum absolute atomic E-state index is 11.0. The van der Waals surface area contributed by atoms with E-state index in [1.165, 1.54) is 0 Å².